The second kappa shape index (κ2) is 9.74. The Morgan fingerprint density at radius 1 is 1.00 bits per heavy atom. The average molecular weight is 451 g/mol. The standard InChI is InChI=1S/C14H18Cl3NO9/c1-5(19)23-4-8-9(22)10(24-6(2)20)11(25-7(3)21)12(26-8)27-13(18)14(15,16)17/h8-12,18,22H,4H2,1-3H3. The monoisotopic (exact) mass is 449 g/mol. The summed E-state index contributed by atoms with van der Waals surface area (Å²) in [6.07, 6.45) is -7.38. The molecule has 0 radical (unpaired) electrons. The Bertz CT molecular complexity index is 595. The van der Waals surface area contributed by atoms with E-state index in [0.29, 0.717) is 0 Å². The second-order valence-electron chi connectivity index (χ2n) is 5.43. The molecule has 2 N–H and O–H groups in total. The van der Waals surface area contributed by atoms with Crippen LogP contribution in [0.2, 0.25) is 0 Å². The molecule has 1 heterocycles. The molecule has 10 nitrogen and oxygen atoms in total. The molecule has 1 fully saturated rings. The van der Waals surface area contributed by atoms with Crippen LogP contribution in [0.25, 0.3) is 0 Å². The molecule has 27 heavy (non-hydrogen) atoms. The first kappa shape index (κ1) is 23.7. The Balaban J connectivity index is 3.17. The molecule has 5 atom stereocenters. The van der Waals surface area contributed by atoms with Gasteiger partial charge in [-0.05, 0) is 0 Å². The summed E-state index contributed by atoms with van der Waals surface area (Å²) in [6, 6.07) is 0. The molecule has 13 heteroatoms. The number of aliphatic hydroxyl groups is 1. The zero-order valence-corrected chi connectivity index (χ0v) is 16.7. The van der Waals surface area contributed by atoms with Crippen LogP contribution in [0.4, 0.5) is 0 Å². The van der Waals surface area contributed by atoms with Gasteiger partial charge < -0.3 is 28.8 Å². The molecule has 0 saturated carbocycles. The summed E-state index contributed by atoms with van der Waals surface area (Å²) >= 11 is 16.7. The predicted molar refractivity (Wildman–Crippen MR) is 91.5 cm³/mol. The number of ether oxygens (including phenoxy) is 5. The maximum absolute atomic E-state index is 11.4. The minimum absolute atomic E-state index is 0.442. The van der Waals surface area contributed by atoms with E-state index in [2.05, 4.69) is 0 Å². The van der Waals surface area contributed by atoms with Gasteiger partial charge in [0.05, 0.1) is 0 Å². The summed E-state index contributed by atoms with van der Waals surface area (Å²) in [6.45, 7) is 2.81. The lowest BCUT2D eigenvalue weighted by Gasteiger charge is -2.42. The summed E-state index contributed by atoms with van der Waals surface area (Å²) in [5, 5.41) is 18.1. The van der Waals surface area contributed by atoms with Gasteiger partial charge in [-0.3, -0.25) is 19.8 Å². The zero-order valence-electron chi connectivity index (χ0n) is 14.4. The van der Waals surface area contributed by atoms with Gasteiger partial charge in [-0.2, -0.15) is 0 Å². The van der Waals surface area contributed by atoms with Crippen molar-refractivity contribution in [1.29, 1.82) is 5.41 Å². The van der Waals surface area contributed by atoms with Crippen molar-refractivity contribution >= 4 is 58.6 Å². The summed E-state index contributed by atoms with van der Waals surface area (Å²) < 4.78 is 23.1. The lowest BCUT2D eigenvalue weighted by molar-refractivity contribution is -0.289. The van der Waals surface area contributed by atoms with E-state index in [1.54, 1.807) is 0 Å². The molecule has 154 valence electrons. The summed E-state index contributed by atoms with van der Waals surface area (Å²) in [7, 11) is 0. The van der Waals surface area contributed by atoms with E-state index in [1.165, 1.54) is 0 Å². The van der Waals surface area contributed by atoms with Crippen LogP contribution in [0.15, 0.2) is 0 Å². The largest absolute Gasteiger partial charge is 0.463 e. The van der Waals surface area contributed by atoms with E-state index in [1.807, 2.05) is 0 Å². The number of nitrogens with one attached hydrogen (secondary N) is 1. The number of hydrogen-bond acceptors (Lipinski definition) is 10. The predicted octanol–water partition coefficient (Wildman–Crippen LogP) is 0.863. The SMILES string of the molecule is CC(=O)OCC1OC(OC(=N)C(Cl)(Cl)Cl)C(OC(C)=O)C(OC(C)=O)C1O. The third-order valence-electron chi connectivity index (χ3n) is 3.16. The molecule has 0 aromatic rings. The highest BCUT2D eigenvalue weighted by atomic mass is 35.6. The fraction of sp³-hybridized carbons (Fsp3) is 0.714. The number of carbonyl (C=O) groups is 3. The minimum atomic E-state index is -2.26. The van der Waals surface area contributed by atoms with Gasteiger partial charge >= 0.3 is 17.9 Å². The Labute approximate surface area is 169 Å². The van der Waals surface area contributed by atoms with E-state index in [4.69, 9.17) is 63.9 Å². The first-order valence-corrected chi connectivity index (χ1v) is 8.60. The van der Waals surface area contributed by atoms with Gasteiger partial charge in [-0.1, -0.05) is 34.8 Å². The van der Waals surface area contributed by atoms with Crippen LogP contribution in [0.1, 0.15) is 20.8 Å². The molecular weight excluding hydrogens is 433 g/mol. The topological polar surface area (TPSA) is 141 Å². The van der Waals surface area contributed by atoms with E-state index >= 15 is 0 Å². The molecule has 0 spiro atoms. The first-order valence-electron chi connectivity index (χ1n) is 7.46. The van der Waals surface area contributed by atoms with Crippen LogP contribution >= 0.6 is 34.8 Å². The normalized spacial score (nSPS) is 28.0. The molecule has 1 aliphatic heterocycles. The van der Waals surface area contributed by atoms with E-state index < -0.39 is 64.9 Å². The van der Waals surface area contributed by atoms with Crippen molar-refractivity contribution in [2.24, 2.45) is 0 Å². The summed E-state index contributed by atoms with van der Waals surface area (Å²) in [4.78, 5) is 33.8. The smallest absolute Gasteiger partial charge is 0.303 e. The molecular formula is C14H18Cl3NO9. The van der Waals surface area contributed by atoms with Crippen molar-refractivity contribution < 1.29 is 43.2 Å². The maximum Gasteiger partial charge on any atom is 0.303 e. The van der Waals surface area contributed by atoms with Gasteiger partial charge in [-0.15, -0.1) is 0 Å². The van der Waals surface area contributed by atoms with Gasteiger partial charge in [-0.25, -0.2) is 0 Å². The molecule has 1 saturated heterocycles. The molecule has 1 aliphatic rings. The fourth-order valence-corrected chi connectivity index (χ4v) is 2.28. The molecule has 0 bridgehead atoms. The third kappa shape index (κ3) is 7.30. The van der Waals surface area contributed by atoms with Gasteiger partial charge in [0, 0.05) is 20.8 Å². The number of alkyl halides is 3. The van der Waals surface area contributed by atoms with Crippen LogP contribution in [-0.2, 0) is 38.1 Å². The highest BCUT2D eigenvalue weighted by Crippen LogP contribution is 2.32. The Morgan fingerprint density at radius 3 is 1.96 bits per heavy atom. The molecule has 1 rings (SSSR count). The van der Waals surface area contributed by atoms with E-state index in [-0.39, 0.29) is 0 Å². The lowest BCUT2D eigenvalue weighted by Crippen LogP contribution is -2.62. The fourth-order valence-electron chi connectivity index (χ4n) is 2.15. The van der Waals surface area contributed by atoms with Crippen LogP contribution in [0.3, 0.4) is 0 Å². The van der Waals surface area contributed by atoms with Gasteiger partial charge in [0.25, 0.3) is 3.79 Å². The van der Waals surface area contributed by atoms with E-state index in [9.17, 15) is 19.5 Å². The van der Waals surface area contributed by atoms with Crippen molar-refractivity contribution in [2.45, 2.75) is 55.3 Å². The van der Waals surface area contributed by atoms with Crippen LogP contribution in [0, 0.1) is 5.41 Å². The number of aliphatic hydroxyl groups excluding tert-OH is 1. The molecule has 0 amide bonds. The summed E-state index contributed by atoms with van der Waals surface area (Å²) in [5.74, 6) is -3.16. The summed E-state index contributed by atoms with van der Waals surface area (Å²) in [5.41, 5.74) is 0. The van der Waals surface area contributed by atoms with Gasteiger partial charge in [0.15, 0.2) is 6.10 Å². The Morgan fingerprint density at radius 2 is 1.52 bits per heavy atom. The average Bonchev–Trinajstić information content (AvgIpc) is 2.50. The second-order valence-corrected chi connectivity index (χ2v) is 7.71. The Hall–Kier alpha value is -1.33. The first-order chi connectivity index (χ1) is 12.3. The van der Waals surface area contributed by atoms with Crippen molar-refractivity contribution in [1.82, 2.24) is 0 Å². The zero-order chi connectivity index (χ0) is 20.9. The molecule has 0 aromatic heterocycles. The van der Waals surface area contributed by atoms with Crippen molar-refractivity contribution in [3.8, 4) is 0 Å². The number of hydrogen-bond donors (Lipinski definition) is 2. The number of halogens is 3. The molecule has 0 aliphatic carbocycles. The van der Waals surface area contributed by atoms with Crippen LogP contribution < -0.4 is 0 Å². The number of carbonyl (C=O) groups excluding carboxylic acids is 3. The third-order valence-corrected chi connectivity index (χ3v) is 3.68. The van der Waals surface area contributed by atoms with Crippen molar-refractivity contribution in [3.05, 3.63) is 0 Å². The molecule has 5 unspecified atom stereocenters. The van der Waals surface area contributed by atoms with Gasteiger partial charge in [0.2, 0.25) is 18.3 Å². The molecule has 0 aromatic carbocycles. The Kier molecular flexibility index (Phi) is 8.55. The minimum Gasteiger partial charge on any atom is -0.463 e. The number of rotatable bonds is 5. The highest BCUT2D eigenvalue weighted by Gasteiger charge is 2.52. The maximum atomic E-state index is 11.4. The van der Waals surface area contributed by atoms with Crippen LogP contribution in [-0.4, -0.2) is 70.0 Å². The quantitative estimate of drug-likeness (QED) is 0.205. The lowest BCUT2D eigenvalue weighted by atomic mass is 9.98. The van der Waals surface area contributed by atoms with Crippen molar-refractivity contribution in [3.63, 3.8) is 0 Å². The number of esters is 3. The van der Waals surface area contributed by atoms with Gasteiger partial charge in [0.1, 0.15) is 18.8 Å². The van der Waals surface area contributed by atoms with Crippen LogP contribution in [0.5, 0.6) is 0 Å². The van der Waals surface area contributed by atoms with E-state index in [0.717, 1.165) is 20.8 Å². The highest BCUT2D eigenvalue weighted by molar-refractivity contribution is 6.76. The van der Waals surface area contributed by atoms with Crippen molar-refractivity contribution in [2.75, 3.05) is 6.61 Å².